The molecule has 8 rings (SSSR count). The van der Waals surface area contributed by atoms with E-state index in [-0.39, 0.29) is 18.5 Å². The average molecular weight is 592 g/mol. The molecule has 0 spiro atoms. The molecule has 44 heavy (non-hydrogen) atoms. The number of piperazine rings is 1. The molecule has 2 saturated heterocycles. The number of amides is 1. The fourth-order valence-electron chi connectivity index (χ4n) is 6.86. The lowest BCUT2D eigenvalue weighted by Crippen LogP contribution is -2.52. The first-order valence-electron chi connectivity index (χ1n) is 15.7. The number of hydrogen-bond donors (Lipinski definition) is 1. The number of carbonyl (C=O) groups is 1. The molecule has 3 aliphatic rings. The SMILES string of the molecule is COc1nc2ccccc2cc1-c1cnc(C2CN(CC3CCOC3)CCN2C(=O)Cn2c(C3CC3)nc3ccccc32)[nH]1. The predicted molar refractivity (Wildman–Crippen MR) is 167 cm³/mol. The van der Waals surface area contributed by atoms with Crippen molar-refractivity contribution in [3.8, 4) is 17.1 Å². The van der Waals surface area contributed by atoms with E-state index in [1.54, 1.807) is 7.11 Å². The Bertz CT molecular complexity index is 1820. The summed E-state index contributed by atoms with van der Waals surface area (Å²) in [6, 6.07) is 18.0. The van der Waals surface area contributed by atoms with Crippen molar-refractivity contribution in [2.24, 2.45) is 5.92 Å². The van der Waals surface area contributed by atoms with Crippen molar-refractivity contribution in [1.82, 2.24) is 34.3 Å². The van der Waals surface area contributed by atoms with Crippen molar-refractivity contribution in [2.75, 3.05) is 46.5 Å². The molecular weight excluding hydrogens is 554 g/mol. The van der Waals surface area contributed by atoms with Gasteiger partial charge in [-0.3, -0.25) is 9.69 Å². The smallest absolute Gasteiger partial charge is 0.243 e. The lowest BCUT2D eigenvalue weighted by molar-refractivity contribution is -0.137. The summed E-state index contributed by atoms with van der Waals surface area (Å²) in [6.45, 7) is 5.05. The van der Waals surface area contributed by atoms with Crippen molar-refractivity contribution in [1.29, 1.82) is 0 Å². The minimum atomic E-state index is -0.217. The Kier molecular flexibility index (Phi) is 7.03. The molecule has 2 unspecified atom stereocenters. The number of imidazole rings is 2. The number of H-pyrrole nitrogens is 1. The molecule has 10 heteroatoms. The van der Waals surface area contributed by atoms with Crippen LogP contribution in [-0.4, -0.2) is 86.7 Å². The summed E-state index contributed by atoms with van der Waals surface area (Å²) in [5.74, 6) is 3.40. The molecule has 10 nitrogen and oxygen atoms in total. The van der Waals surface area contributed by atoms with Crippen LogP contribution in [0.2, 0.25) is 0 Å². The third kappa shape index (κ3) is 5.11. The monoisotopic (exact) mass is 591 g/mol. The van der Waals surface area contributed by atoms with Gasteiger partial charge in [-0.05, 0) is 49.4 Å². The number of pyridine rings is 1. The van der Waals surface area contributed by atoms with E-state index in [1.165, 1.54) is 0 Å². The maximum absolute atomic E-state index is 14.2. The van der Waals surface area contributed by atoms with Crippen molar-refractivity contribution in [2.45, 2.75) is 37.8 Å². The number of ether oxygens (including phenoxy) is 2. The first-order valence-corrected chi connectivity index (χ1v) is 15.7. The number of fused-ring (bicyclic) bond motifs is 2. The Morgan fingerprint density at radius 1 is 1.05 bits per heavy atom. The van der Waals surface area contributed by atoms with Gasteiger partial charge in [-0.1, -0.05) is 30.3 Å². The highest BCUT2D eigenvalue weighted by molar-refractivity contribution is 5.85. The average Bonchev–Trinajstić information content (AvgIpc) is 3.40. The zero-order chi connectivity index (χ0) is 29.6. The van der Waals surface area contributed by atoms with E-state index in [4.69, 9.17) is 24.4 Å². The number of nitrogens with one attached hydrogen (secondary N) is 1. The Balaban J connectivity index is 1.12. The van der Waals surface area contributed by atoms with Crippen LogP contribution in [0.4, 0.5) is 0 Å². The van der Waals surface area contributed by atoms with Gasteiger partial charge in [0.25, 0.3) is 0 Å². The van der Waals surface area contributed by atoms with Gasteiger partial charge in [0.2, 0.25) is 11.8 Å². The van der Waals surface area contributed by atoms with E-state index >= 15 is 0 Å². The summed E-state index contributed by atoms with van der Waals surface area (Å²) in [5, 5.41) is 1.03. The Morgan fingerprint density at radius 3 is 2.70 bits per heavy atom. The van der Waals surface area contributed by atoms with Gasteiger partial charge in [0, 0.05) is 44.1 Å². The second-order valence-corrected chi connectivity index (χ2v) is 12.3. The van der Waals surface area contributed by atoms with Gasteiger partial charge in [-0.15, -0.1) is 0 Å². The summed E-state index contributed by atoms with van der Waals surface area (Å²) in [5.41, 5.74) is 4.52. The van der Waals surface area contributed by atoms with Crippen LogP contribution in [-0.2, 0) is 16.1 Å². The standard InChI is InChI=1S/C34H37N7O3/c1-43-34-25(16-24-6-2-3-7-26(24)38-34)28-17-35-32(36-28)30-19-39(18-22-12-15-44-21-22)13-14-40(30)31(42)20-41-29-9-5-4-8-27(29)37-33(41)23-10-11-23/h2-9,16-17,22-23,30H,10-15,18-21H2,1H3,(H,35,36). The number of carbonyl (C=O) groups excluding carboxylic acids is 1. The molecule has 1 aliphatic carbocycles. The first-order chi connectivity index (χ1) is 21.6. The van der Waals surface area contributed by atoms with Crippen LogP contribution < -0.4 is 4.74 Å². The fourth-order valence-corrected chi connectivity index (χ4v) is 6.86. The van der Waals surface area contributed by atoms with E-state index in [1.807, 2.05) is 53.6 Å². The van der Waals surface area contributed by atoms with E-state index in [0.717, 1.165) is 90.4 Å². The molecule has 3 fully saturated rings. The topological polar surface area (TPSA) is 101 Å². The van der Waals surface area contributed by atoms with E-state index in [9.17, 15) is 4.79 Å². The zero-order valence-electron chi connectivity index (χ0n) is 25.0. The molecule has 0 radical (unpaired) electrons. The van der Waals surface area contributed by atoms with Gasteiger partial charge in [-0.25, -0.2) is 15.0 Å². The van der Waals surface area contributed by atoms with Gasteiger partial charge < -0.3 is 23.9 Å². The second kappa shape index (κ2) is 11.3. The van der Waals surface area contributed by atoms with Crippen LogP contribution in [0.15, 0.2) is 60.8 Å². The highest BCUT2D eigenvalue weighted by atomic mass is 16.5. The first kappa shape index (κ1) is 27.3. The maximum Gasteiger partial charge on any atom is 0.243 e. The maximum atomic E-state index is 14.2. The van der Waals surface area contributed by atoms with Crippen molar-refractivity contribution >= 4 is 27.8 Å². The van der Waals surface area contributed by atoms with Gasteiger partial charge in [0.15, 0.2) is 0 Å². The predicted octanol–water partition coefficient (Wildman–Crippen LogP) is 4.78. The number of aromatic nitrogens is 5. The molecule has 0 bridgehead atoms. The number of para-hydroxylation sites is 3. The molecule has 1 N–H and O–H groups in total. The largest absolute Gasteiger partial charge is 0.480 e. The Morgan fingerprint density at radius 2 is 1.89 bits per heavy atom. The van der Waals surface area contributed by atoms with E-state index < -0.39 is 0 Å². The van der Waals surface area contributed by atoms with Crippen molar-refractivity contribution < 1.29 is 14.3 Å². The van der Waals surface area contributed by atoms with Crippen molar-refractivity contribution in [3.63, 3.8) is 0 Å². The minimum absolute atomic E-state index is 0.0896. The van der Waals surface area contributed by atoms with Crippen LogP contribution in [0.25, 0.3) is 33.2 Å². The van der Waals surface area contributed by atoms with Gasteiger partial charge >= 0.3 is 0 Å². The minimum Gasteiger partial charge on any atom is -0.480 e. The third-order valence-electron chi connectivity index (χ3n) is 9.33. The summed E-state index contributed by atoms with van der Waals surface area (Å²) >= 11 is 0. The van der Waals surface area contributed by atoms with Crippen LogP contribution in [0, 0.1) is 5.92 Å². The van der Waals surface area contributed by atoms with Gasteiger partial charge in [-0.2, -0.15) is 0 Å². The summed E-state index contributed by atoms with van der Waals surface area (Å²) in [6.07, 6.45) is 5.18. The molecule has 1 amide bonds. The molecule has 3 aromatic heterocycles. The highest BCUT2D eigenvalue weighted by Crippen LogP contribution is 2.41. The number of benzene rings is 2. The van der Waals surface area contributed by atoms with E-state index in [0.29, 0.717) is 30.8 Å². The number of rotatable bonds is 8. The quantitative estimate of drug-likeness (QED) is 0.277. The Labute approximate surface area is 256 Å². The molecular formula is C34H37N7O3. The number of aromatic amines is 1. The lowest BCUT2D eigenvalue weighted by atomic mass is 10.1. The number of methoxy groups -OCH3 is 1. The van der Waals surface area contributed by atoms with Crippen LogP contribution in [0.3, 0.4) is 0 Å². The highest BCUT2D eigenvalue weighted by Gasteiger charge is 2.36. The number of hydrogen-bond acceptors (Lipinski definition) is 7. The molecule has 2 aromatic carbocycles. The summed E-state index contributed by atoms with van der Waals surface area (Å²) < 4.78 is 13.5. The normalized spacial score (nSPS) is 21.0. The van der Waals surface area contributed by atoms with E-state index in [2.05, 4.69) is 26.6 Å². The molecule has 2 atom stereocenters. The Hall–Kier alpha value is -4.28. The molecule has 5 heterocycles. The molecule has 2 aliphatic heterocycles. The molecule has 1 saturated carbocycles. The lowest BCUT2D eigenvalue weighted by Gasteiger charge is -2.41. The number of nitrogens with zero attached hydrogens (tertiary/aromatic N) is 6. The van der Waals surface area contributed by atoms with Crippen LogP contribution in [0.1, 0.15) is 42.9 Å². The molecule has 5 aromatic rings. The van der Waals surface area contributed by atoms with Crippen LogP contribution in [0.5, 0.6) is 5.88 Å². The van der Waals surface area contributed by atoms with Gasteiger partial charge in [0.05, 0.1) is 47.7 Å². The van der Waals surface area contributed by atoms with Gasteiger partial charge in [0.1, 0.15) is 24.2 Å². The second-order valence-electron chi connectivity index (χ2n) is 12.3. The summed E-state index contributed by atoms with van der Waals surface area (Å²) in [4.78, 5) is 36.8. The van der Waals surface area contributed by atoms with Crippen LogP contribution >= 0.6 is 0 Å². The third-order valence-corrected chi connectivity index (χ3v) is 9.33. The zero-order valence-corrected chi connectivity index (χ0v) is 25.0. The molecule has 226 valence electrons. The fraction of sp³-hybridized carbons (Fsp3) is 0.412. The van der Waals surface area contributed by atoms with Crippen molar-refractivity contribution in [3.05, 3.63) is 72.4 Å². The summed E-state index contributed by atoms with van der Waals surface area (Å²) in [7, 11) is 1.64.